The lowest BCUT2D eigenvalue weighted by atomic mass is 10.2. The molecule has 1 saturated heterocycles. The second-order valence-corrected chi connectivity index (χ2v) is 7.57. The summed E-state index contributed by atoms with van der Waals surface area (Å²) in [5, 5.41) is 3.78. The number of quaternary nitrogens is 1. The van der Waals surface area contributed by atoms with Crippen LogP contribution < -0.4 is 24.6 Å². The first kappa shape index (κ1) is 18.9. The average molecular weight is 403 g/mol. The number of nitrogens with zero attached hydrogens (tertiary/aromatic N) is 1. The predicted molar refractivity (Wildman–Crippen MR) is 110 cm³/mol. The first-order chi connectivity index (χ1) is 13.6. The Bertz CT molecular complexity index is 853. The van der Waals surface area contributed by atoms with Crippen LogP contribution in [-0.4, -0.2) is 51.3 Å². The fourth-order valence-corrected chi connectivity index (χ4v) is 3.99. The molecule has 0 saturated carbocycles. The van der Waals surface area contributed by atoms with Gasteiger partial charge in [0.25, 0.3) is 5.91 Å². The van der Waals surface area contributed by atoms with E-state index in [0.717, 1.165) is 48.3 Å². The third kappa shape index (κ3) is 4.03. The summed E-state index contributed by atoms with van der Waals surface area (Å²) in [5.74, 6) is 1.41. The Morgan fingerprint density at radius 3 is 2.57 bits per heavy atom. The smallest absolute Gasteiger partial charge is 0.282 e. The lowest BCUT2D eigenvalue weighted by Gasteiger charge is -2.36. The highest BCUT2D eigenvalue weighted by Gasteiger charge is 2.30. The van der Waals surface area contributed by atoms with Crippen LogP contribution in [0, 0.1) is 0 Å². The Hall–Kier alpha value is -2.44. The second kappa shape index (κ2) is 8.29. The van der Waals surface area contributed by atoms with Crippen molar-refractivity contribution in [3.8, 4) is 11.5 Å². The number of fused-ring (bicyclic) bond motifs is 1. The number of rotatable bonds is 4. The Kier molecular flexibility index (Phi) is 5.59. The van der Waals surface area contributed by atoms with Crippen LogP contribution in [0.25, 0.3) is 0 Å². The van der Waals surface area contributed by atoms with Crippen molar-refractivity contribution in [2.45, 2.75) is 13.0 Å². The van der Waals surface area contributed by atoms with Gasteiger partial charge in [-0.05, 0) is 31.2 Å². The number of nitrogens with one attached hydrogen (secondary N) is 2. The third-order valence-corrected chi connectivity index (χ3v) is 5.73. The van der Waals surface area contributed by atoms with E-state index in [9.17, 15) is 4.79 Å². The maximum Gasteiger partial charge on any atom is 0.282 e. The predicted octanol–water partition coefficient (Wildman–Crippen LogP) is 1.84. The highest BCUT2D eigenvalue weighted by atomic mass is 35.5. The van der Waals surface area contributed by atoms with Gasteiger partial charge in [-0.25, -0.2) is 0 Å². The molecule has 0 aromatic heterocycles. The van der Waals surface area contributed by atoms with Gasteiger partial charge in [0.1, 0.15) is 13.2 Å². The highest BCUT2D eigenvalue weighted by Crippen LogP contribution is 2.32. The van der Waals surface area contributed by atoms with Gasteiger partial charge in [-0.1, -0.05) is 23.7 Å². The zero-order valence-corrected chi connectivity index (χ0v) is 16.7. The minimum absolute atomic E-state index is 0.0119. The summed E-state index contributed by atoms with van der Waals surface area (Å²) in [4.78, 5) is 16.3. The number of para-hydroxylation sites is 1. The Balaban J connectivity index is 1.34. The van der Waals surface area contributed by atoms with Crippen molar-refractivity contribution in [3.05, 3.63) is 47.5 Å². The third-order valence-electron chi connectivity index (χ3n) is 5.41. The largest absolute Gasteiger partial charge is 0.486 e. The first-order valence-electron chi connectivity index (χ1n) is 9.66. The first-order valence-corrected chi connectivity index (χ1v) is 10.0. The molecule has 1 fully saturated rings. The van der Waals surface area contributed by atoms with Crippen molar-refractivity contribution < 1.29 is 19.2 Å². The topological polar surface area (TPSA) is 55.2 Å². The number of carbonyl (C=O) groups is 1. The molecule has 2 heterocycles. The van der Waals surface area contributed by atoms with E-state index in [1.165, 1.54) is 4.90 Å². The molecule has 0 spiro atoms. The van der Waals surface area contributed by atoms with Crippen LogP contribution in [0.3, 0.4) is 0 Å². The summed E-state index contributed by atoms with van der Waals surface area (Å²) in [5.41, 5.74) is 1.80. The highest BCUT2D eigenvalue weighted by molar-refractivity contribution is 6.33. The van der Waals surface area contributed by atoms with Gasteiger partial charge in [0.15, 0.2) is 17.5 Å². The molecule has 0 bridgehead atoms. The summed E-state index contributed by atoms with van der Waals surface area (Å²) in [6.07, 6.45) is 0. The van der Waals surface area contributed by atoms with E-state index in [0.29, 0.717) is 19.0 Å². The normalized spacial score (nSPS) is 17.9. The molecule has 4 rings (SSSR count). The lowest BCUT2D eigenvalue weighted by Crippen LogP contribution is -3.19. The van der Waals surface area contributed by atoms with Crippen molar-refractivity contribution in [1.82, 2.24) is 0 Å². The number of anilines is 2. The maximum absolute atomic E-state index is 12.7. The number of piperazine rings is 1. The standard InChI is InChI=1S/C21H24ClN3O3/c1-15(21(26)23-16-6-7-19-20(14-16)28-13-12-27-19)24-8-10-25(11-9-24)18-5-3-2-4-17(18)22/h2-7,14-15H,8-13H2,1H3,(H,23,26)/p+1/t15-/m0/s1. The summed E-state index contributed by atoms with van der Waals surface area (Å²) in [6.45, 7) is 6.59. The van der Waals surface area contributed by atoms with E-state index < -0.39 is 0 Å². The Morgan fingerprint density at radius 1 is 1.11 bits per heavy atom. The maximum atomic E-state index is 12.7. The van der Waals surface area contributed by atoms with E-state index in [1.54, 1.807) is 0 Å². The van der Waals surface area contributed by atoms with Gasteiger partial charge < -0.3 is 24.6 Å². The minimum atomic E-state index is -0.137. The second-order valence-electron chi connectivity index (χ2n) is 7.17. The molecule has 2 aromatic rings. The van der Waals surface area contributed by atoms with Crippen molar-refractivity contribution >= 4 is 28.9 Å². The molecule has 2 N–H and O–H groups in total. The summed E-state index contributed by atoms with van der Waals surface area (Å²) in [6, 6.07) is 13.3. The van der Waals surface area contributed by atoms with Gasteiger partial charge in [0, 0.05) is 11.8 Å². The number of hydrogen-bond donors (Lipinski definition) is 2. The molecule has 1 amide bonds. The van der Waals surface area contributed by atoms with Crippen LogP contribution in [0.5, 0.6) is 11.5 Å². The molecular formula is C21H25ClN3O3+. The summed E-state index contributed by atoms with van der Waals surface area (Å²) in [7, 11) is 0. The molecule has 2 aliphatic heterocycles. The fraction of sp³-hybridized carbons (Fsp3) is 0.381. The van der Waals surface area contributed by atoms with Gasteiger partial charge in [0.05, 0.1) is 36.9 Å². The van der Waals surface area contributed by atoms with Crippen LogP contribution in [0.2, 0.25) is 5.02 Å². The number of amides is 1. The van der Waals surface area contributed by atoms with Crippen molar-refractivity contribution in [1.29, 1.82) is 0 Å². The van der Waals surface area contributed by atoms with E-state index >= 15 is 0 Å². The van der Waals surface area contributed by atoms with Gasteiger partial charge in [-0.2, -0.15) is 0 Å². The molecule has 2 aromatic carbocycles. The number of benzene rings is 2. The zero-order chi connectivity index (χ0) is 19.5. The SMILES string of the molecule is C[C@@H](C(=O)Nc1ccc2c(c1)OCCO2)[NH+]1CCN(c2ccccc2Cl)CC1. The van der Waals surface area contributed by atoms with Crippen LogP contribution >= 0.6 is 11.6 Å². The molecule has 28 heavy (non-hydrogen) atoms. The van der Waals surface area contributed by atoms with E-state index in [4.69, 9.17) is 21.1 Å². The fourth-order valence-electron chi connectivity index (χ4n) is 3.73. The lowest BCUT2D eigenvalue weighted by molar-refractivity contribution is -0.914. The molecule has 0 aliphatic carbocycles. The average Bonchev–Trinajstić information content (AvgIpc) is 2.73. The van der Waals surface area contributed by atoms with Gasteiger partial charge >= 0.3 is 0 Å². The molecular weight excluding hydrogens is 378 g/mol. The van der Waals surface area contributed by atoms with Gasteiger partial charge in [0.2, 0.25) is 0 Å². The Morgan fingerprint density at radius 2 is 1.82 bits per heavy atom. The van der Waals surface area contributed by atoms with Crippen molar-refractivity contribution in [2.75, 3.05) is 49.6 Å². The van der Waals surface area contributed by atoms with Crippen LogP contribution in [-0.2, 0) is 4.79 Å². The number of hydrogen-bond acceptors (Lipinski definition) is 4. The van der Waals surface area contributed by atoms with Gasteiger partial charge in [-0.15, -0.1) is 0 Å². The van der Waals surface area contributed by atoms with Crippen molar-refractivity contribution in [3.63, 3.8) is 0 Å². The minimum Gasteiger partial charge on any atom is -0.486 e. The summed E-state index contributed by atoms with van der Waals surface area (Å²) < 4.78 is 11.1. The van der Waals surface area contributed by atoms with Gasteiger partial charge in [-0.3, -0.25) is 4.79 Å². The van der Waals surface area contributed by atoms with Crippen molar-refractivity contribution in [2.24, 2.45) is 0 Å². The number of ether oxygens (including phenoxy) is 2. The number of halogens is 1. The molecule has 2 aliphatic rings. The zero-order valence-electron chi connectivity index (χ0n) is 15.9. The molecule has 6 nitrogen and oxygen atoms in total. The monoisotopic (exact) mass is 402 g/mol. The Labute approximate surface area is 170 Å². The summed E-state index contributed by atoms with van der Waals surface area (Å²) >= 11 is 6.32. The molecule has 1 atom stereocenters. The van der Waals surface area contributed by atoms with Crippen LogP contribution in [0.1, 0.15) is 6.92 Å². The van der Waals surface area contributed by atoms with Crippen LogP contribution in [0.4, 0.5) is 11.4 Å². The quantitative estimate of drug-likeness (QED) is 0.819. The molecule has 148 valence electrons. The molecule has 7 heteroatoms. The van der Waals surface area contributed by atoms with E-state index in [1.807, 2.05) is 49.4 Å². The van der Waals surface area contributed by atoms with E-state index in [-0.39, 0.29) is 11.9 Å². The molecule has 0 unspecified atom stereocenters. The van der Waals surface area contributed by atoms with E-state index in [2.05, 4.69) is 10.2 Å². The molecule has 0 radical (unpaired) electrons. The number of carbonyl (C=O) groups excluding carboxylic acids is 1. The van der Waals surface area contributed by atoms with Crippen LogP contribution in [0.15, 0.2) is 42.5 Å².